The van der Waals surface area contributed by atoms with Crippen molar-refractivity contribution in [1.82, 2.24) is 9.47 Å². The molecule has 4 rings (SSSR count). The Morgan fingerprint density at radius 1 is 1.07 bits per heavy atom. The van der Waals surface area contributed by atoms with E-state index >= 15 is 0 Å². The number of hydrogen-bond acceptors (Lipinski definition) is 3. The zero-order valence-electron chi connectivity index (χ0n) is 16.3. The zero-order valence-corrected chi connectivity index (χ0v) is 18.7. The van der Waals surface area contributed by atoms with Gasteiger partial charge in [0.15, 0.2) is 0 Å². The largest absolute Gasteiger partial charge is 0.347 e. The van der Waals surface area contributed by atoms with Crippen LogP contribution in [0.25, 0.3) is 17.0 Å². The number of carbonyl (C=O) groups is 2. The highest BCUT2D eigenvalue weighted by molar-refractivity contribution is 9.10. The standard InChI is InChI=1S/C23H21BrN2O2S/c1-15(2)12-25-14-17(19-5-3-4-6-20(19)25)11-21-22(27)26(23(28)29-21)13-16-7-9-18(24)10-8-16/h3-11,14-15H,12-13H2,1-2H3/b21-11-. The highest BCUT2D eigenvalue weighted by Crippen LogP contribution is 2.35. The van der Waals surface area contributed by atoms with E-state index in [0.717, 1.165) is 44.8 Å². The monoisotopic (exact) mass is 468 g/mol. The number of imide groups is 1. The molecule has 29 heavy (non-hydrogen) atoms. The van der Waals surface area contributed by atoms with Crippen molar-refractivity contribution >= 4 is 55.8 Å². The molecular weight excluding hydrogens is 448 g/mol. The number of benzene rings is 2. The number of nitrogens with zero attached hydrogens (tertiary/aromatic N) is 2. The van der Waals surface area contributed by atoms with Gasteiger partial charge < -0.3 is 4.57 Å². The van der Waals surface area contributed by atoms with E-state index in [9.17, 15) is 9.59 Å². The lowest BCUT2D eigenvalue weighted by atomic mass is 10.1. The van der Waals surface area contributed by atoms with Crippen LogP contribution in [0.3, 0.4) is 0 Å². The second-order valence-corrected chi connectivity index (χ2v) is 9.45. The van der Waals surface area contributed by atoms with Crippen LogP contribution in [-0.4, -0.2) is 20.6 Å². The third-order valence-corrected chi connectivity index (χ3v) is 6.23. The maximum atomic E-state index is 12.9. The Balaban J connectivity index is 1.64. The Hall–Kier alpha value is -2.31. The Kier molecular flexibility index (Phi) is 5.65. The van der Waals surface area contributed by atoms with Crippen molar-refractivity contribution in [2.45, 2.75) is 26.9 Å². The lowest BCUT2D eigenvalue weighted by molar-refractivity contribution is -0.123. The summed E-state index contributed by atoms with van der Waals surface area (Å²) in [7, 11) is 0. The van der Waals surface area contributed by atoms with Crippen molar-refractivity contribution in [3.63, 3.8) is 0 Å². The van der Waals surface area contributed by atoms with E-state index in [-0.39, 0.29) is 17.7 Å². The van der Waals surface area contributed by atoms with E-state index < -0.39 is 0 Å². The first-order valence-corrected chi connectivity index (χ1v) is 11.1. The van der Waals surface area contributed by atoms with Crippen molar-refractivity contribution in [3.8, 4) is 0 Å². The predicted octanol–water partition coefficient (Wildman–Crippen LogP) is 6.30. The van der Waals surface area contributed by atoms with E-state index in [1.807, 2.05) is 42.5 Å². The molecule has 2 amide bonds. The van der Waals surface area contributed by atoms with Gasteiger partial charge >= 0.3 is 0 Å². The molecule has 148 valence electrons. The number of fused-ring (bicyclic) bond motifs is 1. The fourth-order valence-corrected chi connectivity index (χ4v) is 4.58. The second-order valence-electron chi connectivity index (χ2n) is 7.54. The van der Waals surface area contributed by atoms with Gasteiger partial charge in [0.05, 0.1) is 11.4 Å². The van der Waals surface area contributed by atoms with Crippen molar-refractivity contribution in [1.29, 1.82) is 0 Å². The predicted molar refractivity (Wildman–Crippen MR) is 122 cm³/mol. The number of halogens is 1. The molecule has 0 radical (unpaired) electrons. The summed E-state index contributed by atoms with van der Waals surface area (Å²) >= 11 is 4.41. The third-order valence-electron chi connectivity index (χ3n) is 4.80. The van der Waals surface area contributed by atoms with Crippen LogP contribution in [0.2, 0.25) is 0 Å². The van der Waals surface area contributed by atoms with Crippen molar-refractivity contribution in [3.05, 3.63) is 75.2 Å². The van der Waals surface area contributed by atoms with E-state index in [1.165, 1.54) is 4.90 Å². The lowest BCUT2D eigenvalue weighted by Crippen LogP contribution is -2.27. The van der Waals surface area contributed by atoms with Crippen LogP contribution < -0.4 is 0 Å². The van der Waals surface area contributed by atoms with Crippen LogP contribution >= 0.6 is 27.7 Å². The molecular formula is C23H21BrN2O2S. The summed E-state index contributed by atoms with van der Waals surface area (Å²) in [6.45, 7) is 5.55. The molecule has 0 N–H and O–H groups in total. The number of hydrogen-bond donors (Lipinski definition) is 0. The molecule has 0 spiro atoms. The molecule has 3 aromatic rings. The van der Waals surface area contributed by atoms with E-state index in [2.05, 4.69) is 52.7 Å². The Morgan fingerprint density at radius 3 is 2.52 bits per heavy atom. The number of amides is 2. The smallest absolute Gasteiger partial charge is 0.293 e. The van der Waals surface area contributed by atoms with Crippen LogP contribution in [-0.2, 0) is 17.9 Å². The highest BCUT2D eigenvalue weighted by atomic mass is 79.9. The molecule has 1 aliphatic heterocycles. The van der Waals surface area contributed by atoms with Crippen LogP contribution in [0, 0.1) is 5.92 Å². The number of rotatable bonds is 5. The van der Waals surface area contributed by atoms with Crippen LogP contribution in [0.4, 0.5) is 4.79 Å². The molecule has 4 nitrogen and oxygen atoms in total. The summed E-state index contributed by atoms with van der Waals surface area (Å²) in [5.74, 6) is 0.278. The van der Waals surface area contributed by atoms with Gasteiger partial charge in [0, 0.05) is 33.7 Å². The average molecular weight is 469 g/mol. The first-order chi connectivity index (χ1) is 13.9. The number of aromatic nitrogens is 1. The van der Waals surface area contributed by atoms with Gasteiger partial charge in [-0.1, -0.05) is 60.1 Å². The summed E-state index contributed by atoms with van der Waals surface area (Å²) in [5, 5.41) is 0.864. The molecule has 6 heteroatoms. The fraction of sp³-hybridized carbons (Fsp3) is 0.217. The normalized spacial score (nSPS) is 16.0. The molecule has 2 heterocycles. The summed E-state index contributed by atoms with van der Waals surface area (Å²) in [6, 6.07) is 15.8. The second kappa shape index (κ2) is 8.20. The minimum absolute atomic E-state index is 0.227. The van der Waals surface area contributed by atoms with Gasteiger partial charge in [-0.2, -0.15) is 0 Å². The Labute approximate surface area is 182 Å². The first-order valence-electron chi connectivity index (χ1n) is 9.50. The quantitative estimate of drug-likeness (QED) is 0.412. The highest BCUT2D eigenvalue weighted by Gasteiger charge is 2.35. The molecule has 1 fully saturated rings. The molecule has 1 aromatic heterocycles. The lowest BCUT2D eigenvalue weighted by Gasteiger charge is -2.12. The molecule has 1 saturated heterocycles. The van der Waals surface area contributed by atoms with Crippen molar-refractivity contribution < 1.29 is 9.59 Å². The molecule has 1 aliphatic rings. The SMILES string of the molecule is CC(C)Cn1cc(/C=C2\SC(=O)N(Cc3ccc(Br)cc3)C2=O)c2ccccc21. The number of thioether (sulfide) groups is 1. The number of para-hydroxylation sites is 1. The van der Waals surface area contributed by atoms with E-state index in [4.69, 9.17) is 0 Å². The van der Waals surface area contributed by atoms with Gasteiger partial charge in [-0.25, -0.2) is 0 Å². The van der Waals surface area contributed by atoms with Gasteiger partial charge in [-0.15, -0.1) is 0 Å². The summed E-state index contributed by atoms with van der Waals surface area (Å²) in [5.41, 5.74) is 3.03. The van der Waals surface area contributed by atoms with Gasteiger partial charge in [0.25, 0.3) is 11.1 Å². The van der Waals surface area contributed by atoms with Crippen LogP contribution in [0.1, 0.15) is 25.0 Å². The minimum Gasteiger partial charge on any atom is -0.347 e. The van der Waals surface area contributed by atoms with E-state index in [0.29, 0.717) is 10.8 Å². The molecule has 0 aliphatic carbocycles. The third kappa shape index (κ3) is 4.19. The molecule has 2 aromatic carbocycles. The number of carbonyl (C=O) groups excluding carboxylic acids is 2. The molecule has 0 saturated carbocycles. The Bertz CT molecular complexity index is 1120. The van der Waals surface area contributed by atoms with Gasteiger partial charge in [0.1, 0.15) is 0 Å². The zero-order chi connectivity index (χ0) is 20.5. The van der Waals surface area contributed by atoms with Crippen LogP contribution in [0.5, 0.6) is 0 Å². The maximum Gasteiger partial charge on any atom is 0.293 e. The Morgan fingerprint density at radius 2 is 1.79 bits per heavy atom. The van der Waals surface area contributed by atoms with E-state index in [1.54, 1.807) is 0 Å². The first kappa shape index (κ1) is 20.0. The van der Waals surface area contributed by atoms with Gasteiger partial charge in [-0.05, 0) is 47.5 Å². The molecule has 0 atom stereocenters. The molecule has 0 unspecified atom stereocenters. The summed E-state index contributed by atoms with van der Waals surface area (Å²) in [6.07, 6.45) is 3.93. The van der Waals surface area contributed by atoms with Gasteiger partial charge in [0.2, 0.25) is 0 Å². The fourth-order valence-electron chi connectivity index (χ4n) is 3.48. The van der Waals surface area contributed by atoms with Crippen molar-refractivity contribution in [2.24, 2.45) is 5.92 Å². The molecule has 0 bridgehead atoms. The van der Waals surface area contributed by atoms with Crippen LogP contribution in [0.15, 0.2) is 64.1 Å². The topological polar surface area (TPSA) is 42.3 Å². The minimum atomic E-state index is -0.233. The summed E-state index contributed by atoms with van der Waals surface area (Å²) < 4.78 is 3.19. The van der Waals surface area contributed by atoms with Gasteiger partial charge in [-0.3, -0.25) is 14.5 Å². The average Bonchev–Trinajstić information content (AvgIpc) is 3.16. The van der Waals surface area contributed by atoms with Crippen molar-refractivity contribution in [2.75, 3.05) is 0 Å². The maximum absolute atomic E-state index is 12.9. The summed E-state index contributed by atoms with van der Waals surface area (Å²) in [4.78, 5) is 27.2.